The van der Waals surface area contributed by atoms with Gasteiger partial charge in [0.05, 0.1) is 10.7 Å². The van der Waals surface area contributed by atoms with Crippen LogP contribution in [-0.4, -0.2) is 25.4 Å². The van der Waals surface area contributed by atoms with Gasteiger partial charge in [0.2, 0.25) is 0 Å². The van der Waals surface area contributed by atoms with Gasteiger partial charge in [-0.05, 0) is 32.1 Å². The van der Waals surface area contributed by atoms with Crippen LogP contribution in [0, 0.1) is 0 Å². The Labute approximate surface area is 99.8 Å². The Balaban J connectivity index is 2.08. The molecule has 0 amide bonds. The van der Waals surface area contributed by atoms with E-state index in [1.54, 1.807) is 0 Å². The highest BCUT2D eigenvalue weighted by Crippen LogP contribution is 2.38. The number of anilines is 1. The fraction of sp³-hybridized carbons (Fsp3) is 0.455. The van der Waals surface area contributed by atoms with E-state index in [4.69, 9.17) is 11.6 Å². The van der Waals surface area contributed by atoms with E-state index in [9.17, 15) is 0 Å². The Kier molecular flexibility index (Phi) is 3.78. The molecule has 2 N–H and O–H groups in total. The number of thioether (sulfide) groups is 1. The monoisotopic (exact) mass is 242 g/mol. The van der Waals surface area contributed by atoms with E-state index >= 15 is 0 Å². The van der Waals surface area contributed by atoms with Crippen molar-refractivity contribution in [3.63, 3.8) is 0 Å². The molecule has 0 aliphatic carbocycles. The van der Waals surface area contributed by atoms with Crippen LogP contribution in [0.5, 0.6) is 0 Å². The first kappa shape index (κ1) is 11.1. The first-order chi connectivity index (χ1) is 7.31. The summed E-state index contributed by atoms with van der Waals surface area (Å²) in [5.74, 6) is 1.12. The fourth-order valence-electron chi connectivity index (χ4n) is 1.67. The Morgan fingerprint density at radius 3 is 3.27 bits per heavy atom. The van der Waals surface area contributed by atoms with E-state index in [2.05, 4.69) is 16.7 Å². The summed E-state index contributed by atoms with van der Waals surface area (Å²) in [6, 6.07) is 6.58. The number of hydrogen-bond donors (Lipinski definition) is 2. The van der Waals surface area contributed by atoms with Crippen molar-refractivity contribution < 1.29 is 0 Å². The number of para-hydroxylation sites is 1. The molecule has 1 aliphatic rings. The zero-order chi connectivity index (χ0) is 10.7. The molecule has 0 saturated heterocycles. The fourth-order valence-corrected chi connectivity index (χ4v) is 3.08. The second kappa shape index (κ2) is 5.10. The maximum absolute atomic E-state index is 6.15. The third kappa shape index (κ3) is 2.60. The van der Waals surface area contributed by atoms with Crippen molar-refractivity contribution in [2.45, 2.75) is 17.4 Å². The lowest BCUT2D eigenvalue weighted by atomic mass is 10.2. The van der Waals surface area contributed by atoms with Gasteiger partial charge in [-0.25, -0.2) is 0 Å². The van der Waals surface area contributed by atoms with Gasteiger partial charge in [0.1, 0.15) is 0 Å². The smallest absolute Gasteiger partial charge is 0.0670 e. The molecule has 82 valence electrons. The predicted molar refractivity (Wildman–Crippen MR) is 68.1 cm³/mol. The molecule has 1 heterocycles. The second-order valence-corrected chi connectivity index (χ2v) is 5.13. The average Bonchev–Trinajstić information content (AvgIpc) is 2.27. The number of nitrogens with one attached hydrogen (secondary N) is 2. The Bertz CT molecular complexity index is 343. The van der Waals surface area contributed by atoms with Crippen LogP contribution >= 0.6 is 23.4 Å². The molecule has 1 aromatic rings. The summed E-state index contributed by atoms with van der Waals surface area (Å²) in [6.07, 6.45) is 1.13. The van der Waals surface area contributed by atoms with E-state index < -0.39 is 0 Å². The molecular weight excluding hydrogens is 228 g/mol. The summed E-state index contributed by atoms with van der Waals surface area (Å²) in [7, 11) is 1.98. The molecule has 2 nitrogen and oxygen atoms in total. The minimum atomic E-state index is 0.523. The molecule has 0 bridgehead atoms. The molecule has 1 aliphatic heterocycles. The highest BCUT2D eigenvalue weighted by molar-refractivity contribution is 7.99. The van der Waals surface area contributed by atoms with Gasteiger partial charge >= 0.3 is 0 Å². The average molecular weight is 243 g/mol. The molecule has 0 fully saturated rings. The minimum Gasteiger partial charge on any atom is -0.379 e. The number of rotatable bonds is 3. The highest BCUT2D eigenvalue weighted by atomic mass is 35.5. The third-order valence-corrected chi connectivity index (χ3v) is 4.04. The Morgan fingerprint density at radius 2 is 2.47 bits per heavy atom. The van der Waals surface area contributed by atoms with Crippen LogP contribution in [0.2, 0.25) is 5.02 Å². The number of hydrogen-bond acceptors (Lipinski definition) is 3. The lowest BCUT2D eigenvalue weighted by Gasteiger charge is -2.27. The summed E-state index contributed by atoms with van der Waals surface area (Å²) in [5, 5.41) is 7.51. The predicted octanol–water partition coefficient (Wildman–Crippen LogP) is 2.84. The summed E-state index contributed by atoms with van der Waals surface area (Å²) in [4.78, 5) is 1.27. The zero-order valence-corrected chi connectivity index (χ0v) is 10.3. The number of benzene rings is 1. The van der Waals surface area contributed by atoms with Crippen molar-refractivity contribution in [3.8, 4) is 0 Å². The zero-order valence-electron chi connectivity index (χ0n) is 8.72. The van der Waals surface area contributed by atoms with Crippen LogP contribution in [0.15, 0.2) is 23.1 Å². The van der Waals surface area contributed by atoms with Gasteiger partial charge in [-0.2, -0.15) is 0 Å². The maximum Gasteiger partial charge on any atom is 0.0670 e. The van der Waals surface area contributed by atoms with E-state index in [-0.39, 0.29) is 0 Å². The minimum absolute atomic E-state index is 0.523. The molecule has 1 unspecified atom stereocenters. The van der Waals surface area contributed by atoms with Crippen molar-refractivity contribution in [1.29, 1.82) is 0 Å². The molecule has 1 aromatic carbocycles. The van der Waals surface area contributed by atoms with Crippen LogP contribution in [0.4, 0.5) is 5.69 Å². The van der Waals surface area contributed by atoms with Gasteiger partial charge in [-0.3, -0.25) is 0 Å². The molecule has 0 aromatic heterocycles. The largest absolute Gasteiger partial charge is 0.379 e. The summed E-state index contributed by atoms with van der Waals surface area (Å²) in [6.45, 7) is 1.04. The molecule has 2 rings (SSSR count). The molecule has 0 radical (unpaired) electrons. The van der Waals surface area contributed by atoms with Gasteiger partial charge < -0.3 is 10.6 Å². The van der Waals surface area contributed by atoms with Gasteiger partial charge in [0, 0.05) is 16.7 Å². The maximum atomic E-state index is 6.15. The van der Waals surface area contributed by atoms with E-state index in [0.29, 0.717) is 6.04 Å². The molecular formula is C11H15ClN2S. The van der Waals surface area contributed by atoms with Gasteiger partial charge in [0.25, 0.3) is 0 Å². The van der Waals surface area contributed by atoms with Crippen LogP contribution in [-0.2, 0) is 0 Å². The normalized spacial score (nSPS) is 19.5. The Hall–Kier alpha value is -0.380. The van der Waals surface area contributed by atoms with Crippen molar-refractivity contribution in [1.82, 2.24) is 5.32 Å². The van der Waals surface area contributed by atoms with Gasteiger partial charge in [-0.1, -0.05) is 17.7 Å². The van der Waals surface area contributed by atoms with Crippen LogP contribution in [0.25, 0.3) is 0 Å². The van der Waals surface area contributed by atoms with Gasteiger partial charge in [-0.15, -0.1) is 11.8 Å². The molecule has 4 heteroatoms. The second-order valence-electron chi connectivity index (χ2n) is 3.66. The van der Waals surface area contributed by atoms with Crippen molar-refractivity contribution in [2.75, 3.05) is 24.7 Å². The van der Waals surface area contributed by atoms with Crippen LogP contribution < -0.4 is 10.6 Å². The SMILES string of the molecule is CNCCC1CSc2cccc(Cl)c2N1. The molecule has 15 heavy (non-hydrogen) atoms. The first-order valence-corrected chi connectivity index (χ1v) is 6.50. The lowest BCUT2D eigenvalue weighted by Crippen LogP contribution is -2.29. The van der Waals surface area contributed by atoms with Crippen LogP contribution in [0.1, 0.15) is 6.42 Å². The van der Waals surface area contributed by atoms with E-state index in [1.165, 1.54) is 4.90 Å². The quantitative estimate of drug-likeness (QED) is 0.853. The lowest BCUT2D eigenvalue weighted by molar-refractivity contribution is 0.658. The van der Waals surface area contributed by atoms with Gasteiger partial charge in [0.15, 0.2) is 0 Å². The third-order valence-electron chi connectivity index (χ3n) is 2.51. The van der Waals surface area contributed by atoms with Crippen LogP contribution in [0.3, 0.4) is 0 Å². The number of halogens is 1. The van der Waals surface area contributed by atoms with E-state index in [1.807, 2.05) is 30.9 Å². The molecule has 1 atom stereocenters. The topological polar surface area (TPSA) is 24.1 Å². The van der Waals surface area contributed by atoms with Crippen molar-refractivity contribution in [2.24, 2.45) is 0 Å². The highest BCUT2D eigenvalue weighted by Gasteiger charge is 2.19. The van der Waals surface area contributed by atoms with Crippen molar-refractivity contribution in [3.05, 3.63) is 23.2 Å². The first-order valence-electron chi connectivity index (χ1n) is 5.13. The summed E-state index contributed by atoms with van der Waals surface area (Å²) >= 11 is 8.04. The van der Waals surface area contributed by atoms with E-state index in [0.717, 1.165) is 29.4 Å². The van der Waals surface area contributed by atoms with Crippen molar-refractivity contribution >= 4 is 29.1 Å². The summed E-state index contributed by atoms with van der Waals surface area (Å²) < 4.78 is 0. The standard InChI is InChI=1S/C11H15ClN2S/c1-13-6-5-8-7-15-10-4-2-3-9(12)11(10)14-8/h2-4,8,13-14H,5-7H2,1H3. The molecule has 0 spiro atoms. The molecule has 0 saturated carbocycles. The Morgan fingerprint density at radius 1 is 1.60 bits per heavy atom. The summed E-state index contributed by atoms with van der Waals surface area (Å²) in [5.41, 5.74) is 1.11. The number of fused-ring (bicyclic) bond motifs is 1.